The Bertz CT molecular complexity index is 985. The number of thioether (sulfide) groups is 1. The Hall–Kier alpha value is -2.37. The average molecular weight is 393 g/mol. The maximum absolute atomic E-state index is 13.3. The van der Waals surface area contributed by atoms with E-state index >= 15 is 0 Å². The molecule has 1 saturated heterocycles. The van der Waals surface area contributed by atoms with Crippen LogP contribution in [0.5, 0.6) is 0 Å². The van der Waals surface area contributed by atoms with Gasteiger partial charge in [0.25, 0.3) is 0 Å². The van der Waals surface area contributed by atoms with Gasteiger partial charge in [0, 0.05) is 18.5 Å². The van der Waals surface area contributed by atoms with Crippen molar-refractivity contribution in [3.8, 4) is 0 Å². The molecule has 0 N–H and O–H groups in total. The maximum atomic E-state index is 13.3. The number of amides is 1. The summed E-state index contributed by atoms with van der Waals surface area (Å²) in [5.41, 5.74) is 4.35. The molecule has 1 aromatic heterocycles. The third-order valence-corrected chi connectivity index (χ3v) is 6.27. The van der Waals surface area contributed by atoms with Gasteiger partial charge in [0.2, 0.25) is 5.91 Å². The number of morpholine rings is 1. The molecule has 0 saturated carbocycles. The summed E-state index contributed by atoms with van der Waals surface area (Å²) in [4.78, 5) is 20.1. The van der Waals surface area contributed by atoms with E-state index in [1.54, 1.807) is 0 Å². The maximum Gasteiger partial charge on any atom is 0.240 e. The van der Waals surface area contributed by atoms with Gasteiger partial charge in [-0.15, -0.1) is 0 Å². The van der Waals surface area contributed by atoms with E-state index in [-0.39, 0.29) is 11.2 Å². The SMILES string of the molecule is Cc1cc(S[C@H](C(=O)N2CCOCC2)c2ccccc2)nc2c(C)cccc12. The van der Waals surface area contributed by atoms with E-state index < -0.39 is 0 Å². The lowest BCUT2D eigenvalue weighted by atomic mass is 10.1. The number of aromatic nitrogens is 1. The zero-order valence-electron chi connectivity index (χ0n) is 16.2. The molecule has 5 heteroatoms. The van der Waals surface area contributed by atoms with Crippen LogP contribution in [0.15, 0.2) is 59.6 Å². The second-order valence-electron chi connectivity index (χ2n) is 7.09. The van der Waals surface area contributed by atoms with Crippen LogP contribution >= 0.6 is 11.8 Å². The second kappa shape index (κ2) is 8.33. The summed E-state index contributed by atoms with van der Waals surface area (Å²) in [5, 5.41) is 1.74. The van der Waals surface area contributed by atoms with Gasteiger partial charge in [-0.1, -0.05) is 60.3 Å². The van der Waals surface area contributed by atoms with Gasteiger partial charge < -0.3 is 9.64 Å². The second-order valence-corrected chi connectivity index (χ2v) is 8.22. The predicted octanol–water partition coefficient (Wildman–Crippen LogP) is 4.54. The van der Waals surface area contributed by atoms with Crippen molar-refractivity contribution in [1.82, 2.24) is 9.88 Å². The van der Waals surface area contributed by atoms with Crippen LogP contribution in [0.25, 0.3) is 10.9 Å². The zero-order chi connectivity index (χ0) is 19.5. The molecule has 2 heterocycles. The van der Waals surface area contributed by atoms with Crippen molar-refractivity contribution in [3.63, 3.8) is 0 Å². The third-order valence-electron chi connectivity index (χ3n) is 5.11. The molecular weight excluding hydrogens is 368 g/mol. The molecule has 0 unspecified atom stereocenters. The molecular formula is C23H24N2O2S. The minimum absolute atomic E-state index is 0.129. The Morgan fingerprint density at radius 1 is 1.04 bits per heavy atom. The molecule has 1 aliphatic heterocycles. The van der Waals surface area contributed by atoms with E-state index in [0.717, 1.165) is 21.7 Å². The molecule has 1 atom stereocenters. The first kappa shape index (κ1) is 19.0. The molecule has 1 aliphatic rings. The number of rotatable bonds is 4. The van der Waals surface area contributed by atoms with Crippen LogP contribution < -0.4 is 0 Å². The van der Waals surface area contributed by atoms with Gasteiger partial charge in [0.1, 0.15) is 5.25 Å². The molecule has 1 amide bonds. The van der Waals surface area contributed by atoms with Crippen molar-refractivity contribution in [2.24, 2.45) is 0 Å². The van der Waals surface area contributed by atoms with Crippen LogP contribution in [-0.4, -0.2) is 42.1 Å². The lowest BCUT2D eigenvalue weighted by molar-refractivity contribution is -0.134. The number of fused-ring (bicyclic) bond motifs is 1. The first-order valence-corrected chi connectivity index (χ1v) is 10.5. The number of carbonyl (C=O) groups is 1. The van der Waals surface area contributed by atoms with E-state index in [0.29, 0.717) is 26.3 Å². The van der Waals surface area contributed by atoms with Gasteiger partial charge >= 0.3 is 0 Å². The van der Waals surface area contributed by atoms with E-state index in [1.807, 2.05) is 35.2 Å². The standard InChI is InChI=1S/C23H24N2O2S/c1-16-7-6-10-19-17(2)15-20(24-21(16)19)28-22(18-8-4-3-5-9-18)23(26)25-11-13-27-14-12-25/h3-10,15,22H,11-14H2,1-2H3/t22-/m0/s1. The topological polar surface area (TPSA) is 42.4 Å². The summed E-state index contributed by atoms with van der Waals surface area (Å²) in [7, 11) is 0. The number of para-hydroxylation sites is 1. The number of ether oxygens (including phenoxy) is 1. The van der Waals surface area contributed by atoms with Crippen LogP contribution in [0.2, 0.25) is 0 Å². The highest BCUT2D eigenvalue weighted by atomic mass is 32.2. The Balaban J connectivity index is 1.70. The Morgan fingerprint density at radius 3 is 2.54 bits per heavy atom. The Kier molecular flexibility index (Phi) is 5.64. The molecule has 0 radical (unpaired) electrons. The highest BCUT2D eigenvalue weighted by Crippen LogP contribution is 2.37. The highest BCUT2D eigenvalue weighted by Gasteiger charge is 2.28. The summed E-state index contributed by atoms with van der Waals surface area (Å²) >= 11 is 1.54. The molecule has 144 valence electrons. The van der Waals surface area contributed by atoms with Gasteiger partial charge in [-0.3, -0.25) is 4.79 Å². The van der Waals surface area contributed by atoms with Crippen LogP contribution in [0, 0.1) is 13.8 Å². The predicted molar refractivity (Wildman–Crippen MR) is 114 cm³/mol. The van der Waals surface area contributed by atoms with Crippen molar-refractivity contribution >= 4 is 28.6 Å². The first-order valence-electron chi connectivity index (χ1n) is 9.58. The lowest BCUT2D eigenvalue weighted by Crippen LogP contribution is -2.42. The highest BCUT2D eigenvalue weighted by molar-refractivity contribution is 8.00. The Labute approximate surface area is 169 Å². The van der Waals surface area contributed by atoms with E-state index in [1.165, 1.54) is 22.7 Å². The zero-order valence-corrected chi connectivity index (χ0v) is 17.0. The van der Waals surface area contributed by atoms with Crippen molar-refractivity contribution in [3.05, 3.63) is 71.3 Å². The molecule has 3 aromatic rings. The monoisotopic (exact) mass is 392 g/mol. The van der Waals surface area contributed by atoms with Gasteiger partial charge in [0.15, 0.2) is 0 Å². The first-order chi connectivity index (χ1) is 13.6. The van der Waals surface area contributed by atoms with Gasteiger partial charge in [0.05, 0.1) is 23.8 Å². The Morgan fingerprint density at radius 2 is 1.79 bits per heavy atom. The summed E-state index contributed by atoms with van der Waals surface area (Å²) in [6.45, 7) is 6.68. The summed E-state index contributed by atoms with van der Waals surface area (Å²) in [6.07, 6.45) is 0. The normalized spacial score (nSPS) is 15.6. The molecule has 4 nitrogen and oxygen atoms in total. The van der Waals surface area contributed by atoms with E-state index in [2.05, 4.69) is 38.1 Å². The molecule has 1 fully saturated rings. The van der Waals surface area contributed by atoms with Crippen LogP contribution in [0.3, 0.4) is 0 Å². The number of pyridine rings is 1. The number of carbonyl (C=O) groups excluding carboxylic acids is 1. The quantitative estimate of drug-likeness (QED) is 0.611. The minimum atomic E-state index is -0.312. The minimum Gasteiger partial charge on any atom is -0.378 e. The van der Waals surface area contributed by atoms with Crippen molar-refractivity contribution < 1.29 is 9.53 Å². The number of hydrogen-bond donors (Lipinski definition) is 0. The molecule has 0 spiro atoms. The van der Waals surface area contributed by atoms with Crippen LogP contribution in [0.4, 0.5) is 0 Å². The van der Waals surface area contributed by atoms with E-state index in [4.69, 9.17) is 9.72 Å². The third kappa shape index (κ3) is 3.91. The molecule has 0 aliphatic carbocycles. The van der Waals surface area contributed by atoms with Crippen molar-refractivity contribution in [2.45, 2.75) is 24.1 Å². The fourth-order valence-corrected chi connectivity index (χ4v) is 4.72. The summed E-state index contributed by atoms with van der Waals surface area (Å²) in [5.74, 6) is 0.129. The number of hydrogen-bond acceptors (Lipinski definition) is 4. The molecule has 28 heavy (non-hydrogen) atoms. The summed E-state index contributed by atoms with van der Waals surface area (Å²) < 4.78 is 5.42. The van der Waals surface area contributed by atoms with E-state index in [9.17, 15) is 4.79 Å². The lowest BCUT2D eigenvalue weighted by Gasteiger charge is -2.30. The fraction of sp³-hybridized carbons (Fsp3) is 0.304. The molecule has 4 rings (SSSR count). The van der Waals surface area contributed by atoms with Crippen LogP contribution in [-0.2, 0) is 9.53 Å². The van der Waals surface area contributed by atoms with Crippen molar-refractivity contribution in [1.29, 1.82) is 0 Å². The van der Waals surface area contributed by atoms with Crippen LogP contribution in [0.1, 0.15) is 21.9 Å². The smallest absolute Gasteiger partial charge is 0.240 e. The average Bonchev–Trinajstić information content (AvgIpc) is 2.74. The van der Waals surface area contributed by atoms with Gasteiger partial charge in [-0.2, -0.15) is 0 Å². The van der Waals surface area contributed by atoms with Gasteiger partial charge in [-0.05, 0) is 36.6 Å². The number of nitrogens with zero attached hydrogens (tertiary/aromatic N) is 2. The largest absolute Gasteiger partial charge is 0.378 e. The molecule has 0 bridgehead atoms. The van der Waals surface area contributed by atoms with Crippen molar-refractivity contribution in [2.75, 3.05) is 26.3 Å². The number of aryl methyl sites for hydroxylation is 2. The molecule has 2 aromatic carbocycles. The fourth-order valence-electron chi connectivity index (χ4n) is 3.55. The summed E-state index contributed by atoms with van der Waals surface area (Å²) in [6, 6.07) is 18.3. The van der Waals surface area contributed by atoms with Gasteiger partial charge in [-0.25, -0.2) is 4.98 Å². The number of benzene rings is 2.